The van der Waals surface area contributed by atoms with Gasteiger partial charge in [0.15, 0.2) is 11.5 Å². The smallest absolute Gasteiger partial charge is 0.315 e. The van der Waals surface area contributed by atoms with Gasteiger partial charge < -0.3 is 14.6 Å². The number of nitrogens with zero attached hydrogens (tertiary/aromatic N) is 1. The van der Waals surface area contributed by atoms with Crippen molar-refractivity contribution in [1.29, 1.82) is 0 Å². The maximum atomic E-state index is 12.3. The molecular weight excluding hydrogens is 302 g/mol. The Morgan fingerprint density at radius 1 is 1.17 bits per heavy atom. The first-order chi connectivity index (χ1) is 11.0. The van der Waals surface area contributed by atoms with Crippen LogP contribution >= 0.6 is 0 Å². The SMILES string of the molecule is COc1ccc(CC(=O)c2cc(OC)c(O)c([N+](=O)[O-])c2)cc1. The van der Waals surface area contributed by atoms with E-state index in [0.29, 0.717) is 5.75 Å². The average Bonchev–Trinajstić information content (AvgIpc) is 2.55. The number of carbonyl (C=O) groups excluding carboxylic acids is 1. The lowest BCUT2D eigenvalue weighted by atomic mass is 10.0. The van der Waals surface area contributed by atoms with Crippen molar-refractivity contribution in [1.82, 2.24) is 0 Å². The van der Waals surface area contributed by atoms with Crippen molar-refractivity contribution < 1.29 is 24.3 Å². The second-order valence-electron chi connectivity index (χ2n) is 4.75. The molecule has 0 heterocycles. The Balaban J connectivity index is 2.31. The number of rotatable bonds is 6. The maximum absolute atomic E-state index is 12.3. The van der Waals surface area contributed by atoms with Crippen LogP contribution in [0.2, 0.25) is 0 Å². The van der Waals surface area contributed by atoms with E-state index in [0.717, 1.165) is 11.6 Å². The van der Waals surface area contributed by atoms with Gasteiger partial charge in [-0.15, -0.1) is 0 Å². The molecule has 0 aliphatic rings. The lowest BCUT2D eigenvalue weighted by Crippen LogP contribution is -2.05. The van der Waals surface area contributed by atoms with E-state index in [2.05, 4.69) is 0 Å². The lowest BCUT2D eigenvalue weighted by molar-refractivity contribution is -0.386. The molecule has 23 heavy (non-hydrogen) atoms. The van der Waals surface area contributed by atoms with E-state index in [1.54, 1.807) is 31.4 Å². The molecule has 7 nitrogen and oxygen atoms in total. The Labute approximate surface area is 132 Å². The summed E-state index contributed by atoms with van der Waals surface area (Å²) in [6.07, 6.45) is 0.0646. The van der Waals surface area contributed by atoms with Crippen molar-refractivity contribution in [2.75, 3.05) is 14.2 Å². The summed E-state index contributed by atoms with van der Waals surface area (Å²) in [6.45, 7) is 0. The molecule has 0 saturated heterocycles. The van der Waals surface area contributed by atoms with Gasteiger partial charge in [0.05, 0.1) is 19.1 Å². The summed E-state index contributed by atoms with van der Waals surface area (Å²) < 4.78 is 9.92. The molecule has 2 aromatic carbocycles. The lowest BCUT2D eigenvalue weighted by Gasteiger charge is -2.07. The first-order valence-electron chi connectivity index (χ1n) is 6.67. The number of methoxy groups -OCH3 is 2. The standard InChI is InChI=1S/C16H15NO6/c1-22-12-5-3-10(4-6-12)7-14(18)11-8-13(17(20)21)16(19)15(9-11)23-2/h3-6,8-9,19H,7H2,1-2H3. The van der Waals surface area contributed by atoms with Crippen molar-refractivity contribution in [3.05, 3.63) is 57.6 Å². The minimum Gasteiger partial charge on any atom is -0.500 e. The van der Waals surface area contributed by atoms with E-state index < -0.39 is 16.4 Å². The molecule has 0 spiro atoms. The van der Waals surface area contributed by atoms with Crippen LogP contribution in [0.1, 0.15) is 15.9 Å². The summed E-state index contributed by atoms with van der Waals surface area (Å²) >= 11 is 0. The predicted molar refractivity (Wildman–Crippen MR) is 82.3 cm³/mol. The number of ether oxygens (including phenoxy) is 2. The van der Waals surface area contributed by atoms with Crippen molar-refractivity contribution in [3.63, 3.8) is 0 Å². The summed E-state index contributed by atoms with van der Waals surface area (Å²) in [4.78, 5) is 22.5. The highest BCUT2D eigenvalue weighted by molar-refractivity contribution is 5.99. The fraction of sp³-hybridized carbons (Fsp3) is 0.188. The third kappa shape index (κ3) is 3.57. The number of benzene rings is 2. The van der Waals surface area contributed by atoms with E-state index in [4.69, 9.17) is 9.47 Å². The zero-order valence-electron chi connectivity index (χ0n) is 12.6. The van der Waals surface area contributed by atoms with Crippen LogP contribution in [-0.2, 0) is 6.42 Å². The van der Waals surface area contributed by atoms with Crippen LogP contribution in [0.3, 0.4) is 0 Å². The highest BCUT2D eigenvalue weighted by atomic mass is 16.6. The molecule has 2 rings (SSSR count). The number of nitro benzene ring substituents is 1. The Morgan fingerprint density at radius 3 is 2.35 bits per heavy atom. The number of Topliss-reactive ketones (excluding diaryl/α,β-unsaturated/α-hetero) is 1. The second-order valence-corrected chi connectivity index (χ2v) is 4.75. The van der Waals surface area contributed by atoms with Crippen molar-refractivity contribution >= 4 is 11.5 Å². The van der Waals surface area contributed by atoms with Crippen LogP contribution in [0.5, 0.6) is 17.2 Å². The molecule has 2 aromatic rings. The van der Waals surface area contributed by atoms with Crippen LogP contribution < -0.4 is 9.47 Å². The predicted octanol–water partition coefficient (Wildman–Crippen LogP) is 2.74. The molecule has 120 valence electrons. The number of hydrogen-bond acceptors (Lipinski definition) is 6. The van der Waals surface area contributed by atoms with Crippen molar-refractivity contribution in [2.24, 2.45) is 0 Å². The molecule has 0 aliphatic carbocycles. The second kappa shape index (κ2) is 6.78. The number of ketones is 1. The molecule has 7 heteroatoms. The Hall–Kier alpha value is -3.09. The summed E-state index contributed by atoms with van der Waals surface area (Å²) in [6, 6.07) is 9.26. The van der Waals surface area contributed by atoms with Crippen LogP contribution in [0.4, 0.5) is 5.69 Å². The number of hydrogen-bond donors (Lipinski definition) is 1. The molecule has 0 aromatic heterocycles. The molecule has 0 amide bonds. The third-order valence-electron chi connectivity index (χ3n) is 3.32. The highest BCUT2D eigenvalue weighted by Gasteiger charge is 2.22. The molecule has 0 atom stereocenters. The van der Waals surface area contributed by atoms with Gasteiger partial charge in [-0.1, -0.05) is 12.1 Å². The van der Waals surface area contributed by atoms with Gasteiger partial charge in [-0.05, 0) is 23.8 Å². The quantitative estimate of drug-likeness (QED) is 0.499. The number of nitro groups is 1. The van der Waals surface area contributed by atoms with Gasteiger partial charge in [0, 0.05) is 18.1 Å². The Kier molecular flexibility index (Phi) is 4.80. The Bertz CT molecular complexity index is 739. The van der Waals surface area contributed by atoms with E-state index in [1.807, 2.05) is 0 Å². The highest BCUT2D eigenvalue weighted by Crippen LogP contribution is 2.37. The normalized spacial score (nSPS) is 10.2. The van der Waals surface area contributed by atoms with Crippen LogP contribution in [0.25, 0.3) is 0 Å². The Morgan fingerprint density at radius 2 is 1.83 bits per heavy atom. The van der Waals surface area contributed by atoms with Crippen LogP contribution in [-0.4, -0.2) is 30.0 Å². The molecule has 1 N–H and O–H groups in total. The topological polar surface area (TPSA) is 98.9 Å². The molecule has 0 saturated carbocycles. The fourth-order valence-corrected chi connectivity index (χ4v) is 2.08. The average molecular weight is 317 g/mol. The van der Waals surface area contributed by atoms with Gasteiger partial charge in [-0.2, -0.15) is 0 Å². The van der Waals surface area contributed by atoms with Crippen molar-refractivity contribution in [2.45, 2.75) is 6.42 Å². The number of carbonyl (C=O) groups is 1. The van der Waals surface area contributed by atoms with Gasteiger partial charge in [-0.3, -0.25) is 14.9 Å². The number of phenols is 1. The molecule has 0 radical (unpaired) electrons. The van der Waals surface area contributed by atoms with Gasteiger partial charge in [0.2, 0.25) is 5.75 Å². The third-order valence-corrected chi connectivity index (χ3v) is 3.32. The fourth-order valence-electron chi connectivity index (χ4n) is 2.08. The minimum absolute atomic E-state index is 0.0646. The molecule has 0 bridgehead atoms. The zero-order chi connectivity index (χ0) is 17.0. The monoisotopic (exact) mass is 317 g/mol. The zero-order valence-corrected chi connectivity index (χ0v) is 12.6. The van der Waals surface area contributed by atoms with Crippen LogP contribution in [0, 0.1) is 10.1 Å². The molecule has 0 unspecified atom stereocenters. The molecule has 0 fully saturated rings. The first-order valence-corrected chi connectivity index (χ1v) is 6.67. The van der Waals surface area contributed by atoms with Gasteiger partial charge in [-0.25, -0.2) is 0 Å². The van der Waals surface area contributed by atoms with Crippen molar-refractivity contribution in [3.8, 4) is 17.2 Å². The van der Waals surface area contributed by atoms with Gasteiger partial charge in [0.1, 0.15) is 5.75 Å². The van der Waals surface area contributed by atoms with Gasteiger partial charge in [0.25, 0.3) is 0 Å². The van der Waals surface area contributed by atoms with Crippen LogP contribution in [0.15, 0.2) is 36.4 Å². The number of aromatic hydroxyl groups is 1. The van der Waals surface area contributed by atoms with E-state index in [9.17, 15) is 20.0 Å². The van der Waals surface area contributed by atoms with E-state index in [1.165, 1.54) is 13.2 Å². The summed E-state index contributed by atoms with van der Waals surface area (Å²) in [5.41, 5.74) is 0.273. The molecular formula is C16H15NO6. The summed E-state index contributed by atoms with van der Waals surface area (Å²) in [5.74, 6) is -0.365. The summed E-state index contributed by atoms with van der Waals surface area (Å²) in [5, 5.41) is 20.7. The van der Waals surface area contributed by atoms with E-state index >= 15 is 0 Å². The maximum Gasteiger partial charge on any atom is 0.315 e. The largest absolute Gasteiger partial charge is 0.500 e. The molecule has 0 aliphatic heterocycles. The minimum atomic E-state index is -0.762. The van der Waals surface area contributed by atoms with Gasteiger partial charge >= 0.3 is 5.69 Å². The number of phenolic OH excluding ortho intramolecular Hbond substituents is 1. The summed E-state index contributed by atoms with van der Waals surface area (Å²) in [7, 11) is 2.80. The van der Waals surface area contributed by atoms with E-state index in [-0.39, 0.29) is 23.5 Å². The first kappa shape index (κ1) is 16.3.